The molecule has 2 heterocycles. The number of amides is 1. The van der Waals surface area contributed by atoms with Gasteiger partial charge in [-0.25, -0.2) is 9.97 Å². The van der Waals surface area contributed by atoms with Crippen molar-refractivity contribution in [1.82, 2.24) is 14.9 Å². The number of carbonyl (C=O) groups excluding carboxylic acids is 1. The Morgan fingerprint density at radius 3 is 2.56 bits per heavy atom. The van der Waals surface area contributed by atoms with Crippen LogP contribution < -0.4 is 5.32 Å². The lowest BCUT2D eigenvalue weighted by molar-refractivity contribution is 0.0789. The van der Waals surface area contributed by atoms with E-state index in [4.69, 9.17) is 0 Å². The van der Waals surface area contributed by atoms with Crippen molar-refractivity contribution in [2.75, 3.05) is 12.4 Å². The van der Waals surface area contributed by atoms with Gasteiger partial charge in [0.15, 0.2) is 5.13 Å². The van der Waals surface area contributed by atoms with Gasteiger partial charge >= 0.3 is 0 Å². The molecule has 0 aliphatic heterocycles. The van der Waals surface area contributed by atoms with E-state index in [1.165, 1.54) is 11.3 Å². The third kappa shape index (κ3) is 4.22. The van der Waals surface area contributed by atoms with E-state index < -0.39 is 0 Å². The molecule has 0 saturated carbocycles. The minimum absolute atomic E-state index is 0.0240. The molecule has 6 heteroatoms. The Morgan fingerprint density at radius 2 is 1.84 bits per heavy atom. The first kappa shape index (κ1) is 17.1. The van der Waals surface area contributed by atoms with Gasteiger partial charge in [0.1, 0.15) is 10.7 Å². The first-order valence-corrected chi connectivity index (χ1v) is 8.82. The first-order chi connectivity index (χ1) is 12.0. The highest BCUT2D eigenvalue weighted by Crippen LogP contribution is 2.26. The Balaban J connectivity index is 1.74. The number of anilines is 2. The van der Waals surface area contributed by atoms with Crippen LogP contribution >= 0.6 is 11.3 Å². The van der Waals surface area contributed by atoms with Gasteiger partial charge in [0, 0.05) is 19.3 Å². The highest BCUT2D eigenvalue weighted by atomic mass is 32.1. The van der Waals surface area contributed by atoms with E-state index >= 15 is 0 Å². The minimum atomic E-state index is -0.0240. The molecule has 0 fully saturated rings. The molecule has 3 aromatic rings. The number of aryl methyl sites for hydroxylation is 2. The summed E-state index contributed by atoms with van der Waals surface area (Å²) in [6.45, 7) is 4.36. The molecule has 0 bridgehead atoms. The second-order valence-corrected chi connectivity index (χ2v) is 6.87. The minimum Gasteiger partial charge on any atom is -0.337 e. The summed E-state index contributed by atoms with van der Waals surface area (Å²) < 4.78 is 0. The maximum absolute atomic E-state index is 12.7. The van der Waals surface area contributed by atoms with Crippen LogP contribution in [0.1, 0.15) is 26.6 Å². The zero-order chi connectivity index (χ0) is 17.8. The Bertz CT molecular complexity index is 876. The predicted molar refractivity (Wildman–Crippen MR) is 101 cm³/mol. The third-order valence-electron chi connectivity index (χ3n) is 3.72. The number of nitrogens with zero attached hydrogens (tertiary/aromatic N) is 3. The molecule has 1 aromatic carbocycles. The number of carbonyl (C=O) groups is 1. The summed E-state index contributed by atoms with van der Waals surface area (Å²) in [5.41, 5.74) is 2.75. The lowest BCUT2D eigenvalue weighted by atomic mass is 10.2. The summed E-state index contributed by atoms with van der Waals surface area (Å²) in [5.74, 6) is 0.703. The van der Waals surface area contributed by atoms with Gasteiger partial charge in [0.2, 0.25) is 0 Å². The lowest BCUT2D eigenvalue weighted by Gasteiger charge is -2.16. The van der Waals surface area contributed by atoms with Crippen LogP contribution in [0.25, 0.3) is 0 Å². The highest BCUT2D eigenvalue weighted by Gasteiger charge is 2.19. The van der Waals surface area contributed by atoms with Crippen LogP contribution in [-0.2, 0) is 6.54 Å². The molecule has 3 rings (SSSR count). The van der Waals surface area contributed by atoms with Crippen molar-refractivity contribution in [2.45, 2.75) is 20.4 Å². The normalized spacial score (nSPS) is 10.5. The van der Waals surface area contributed by atoms with Crippen molar-refractivity contribution < 1.29 is 4.79 Å². The molecule has 0 spiro atoms. The van der Waals surface area contributed by atoms with Crippen molar-refractivity contribution in [3.63, 3.8) is 0 Å². The van der Waals surface area contributed by atoms with Crippen LogP contribution in [0.4, 0.5) is 10.9 Å². The van der Waals surface area contributed by atoms with E-state index in [0.29, 0.717) is 16.6 Å². The number of hydrogen-bond donors (Lipinski definition) is 1. The van der Waals surface area contributed by atoms with E-state index in [1.54, 1.807) is 4.90 Å². The Kier molecular flexibility index (Phi) is 5.09. The van der Waals surface area contributed by atoms with Crippen LogP contribution in [0.3, 0.4) is 0 Å². The number of nitrogens with one attached hydrogen (secondary N) is 1. The average Bonchev–Trinajstić information content (AvgIpc) is 2.95. The lowest BCUT2D eigenvalue weighted by Crippen LogP contribution is -2.26. The Hall–Kier alpha value is -2.73. The van der Waals surface area contributed by atoms with Crippen molar-refractivity contribution in [3.05, 3.63) is 70.4 Å². The van der Waals surface area contributed by atoms with Gasteiger partial charge in [0.05, 0.1) is 5.69 Å². The fourth-order valence-corrected chi connectivity index (χ4v) is 3.44. The molecule has 1 N–H and O–H groups in total. The van der Waals surface area contributed by atoms with Crippen molar-refractivity contribution in [3.8, 4) is 0 Å². The molecule has 5 nitrogen and oxygen atoms in total. The quantitative estimate of drug-likeness (QED) is 0.749. The summed E-state index contributed by atoms with van der Waals surface area (Å²) in [6.07, 6.45) is 0. The number of benzene rings is 1. The molecule has 25 heavy (non-hydrogen) atoms. The first-order valence-electron chi connectivity index (χ1n) is 8.00. The van der Waals surface area contributed by atoms with Gasteiger partial charge in [-0.3, -0.25) is 4.79 Å². The second-order valence-electron chi connectivity index (χ2n) is 5.87. The topological polar surface area (TPSA) is 58.1 Å². The molecule has 0 aliphatic carbocycles. The smallest absolute Gasteiger partial charge is 0.265 e. The summed E-state index contributed by atoms with van der Waals surface area (Å²) in [5, 5.41) is 3.85. The summed E-state index contributed by atoms with van der Waals surface area (Å²) in [4.78, 5) is 24.0. The van der Waals surface area contributed by atoms with E-state index in [-0.39, 0.29) is 5.91 Å². The number of rotatable bonds is 5. The van der Waals surface area contributed by atoms with E-state index in [9.17, 15) is 4.79 Å². The Morgan fingerprint density at radius 1 is 1.08 bits per heavy atom. The summed E-state index contributed by atoms with van der Waals surface area (Å²) in [7, 11) is 1.81. The predicted octanol–water partition coefficient (Wildman–Crippen LogP) is 4.17. The number of aromatic nitrogens is 2. The molecule has 2 aromatic heterocycles. The van der Waals surface area contributed by atoms with Gasteiger partial charge in [0.25, 0.3) is 5.91 Å². The summed E-state index contributed by atoms with van der Waals surface area (Å²) in [6, 6.07) is 15.7. The van der Waals surface area contributed by atoms with Gasteiger partial charge in [-0.1, -0.05) is 47.7 Å². The van der Waals surface area contributed by atoms with Gasteiger partial charge in [-0.2, -0.15) is 0 Å². The molecule has 1 amide bonds. The molecule has 0 radical (unpaired) electrons. The second kappa shape index (κ2) is 7.44. The van der Waals surface area contributed by atoms with Crippen LogP contribution in [-0.4, -0.2) is 27.8 Å². The molecule has 0 aliphatic rings. The largest absolute Gasteiger partial charge is 0.337 e. The van der Waals surface area contributed by atoms with Gasteiger partial charge in [-0.05, 0) is 31.5 Å². The van der Waals surface area contributed by atoms with E-state index in [2.05, 4.69) is 15.3 Å². The average molecular weight is 352 g/mol. The van der Waals surface area contributed by atoms with Crippen LogP contribution in [0.2, 0.25) is 0 Å². The third-order valence-corrected chi connectivity index (χ3v) is 4.78. The zero-order valence-corrected chi connectivity index (χ0v) is 15.3. The fraction of sp³-hybridized carbons (Fsp3) is 0.211. The summed E-state index contributed by atoms with van der Waals surface area (Å²) >= 11 is 1.35. The number of hydrogen-bond acceptors (Lipinski definition) is 5. The molecule has 0 unspecified atom stereocenters. The number of thiazole rings is 1. The number of pyridine rings is 1. The maximum atomic E-state index is 12.7. The van der Waals surface area contributed by atoms with E-state index in [0.717, 1.165) is 22.8 Å². The molecular weight excluding hydrogens is 332 g/mol. The van der Waals surface area contributed by atoms with Crippen LogP contribution in [0, 0.1) is 13.8 Å². The van der Waals surface area contributed by atoms with Crippen LogP contribution in [0.5, 0.6) is 0 Å². The molecular formula is C19H20N4OS. The van der Waals surface area contributed by atoms with Gasteiger partial charge in [-0.15, -0.1) is 0 Å². The van der Waals surface area contributed by atoms with Crippen molar-refractivity contribution in [1.29, 1.82) is 0 Å². The molecule has 128 valence electrons. The van der Waals surface area contributed by atoms with Crippen molar-refractivity contribution in [2.24, 2.45) is 0 Å². The Labute approximate surface area is 151 Å². The van der Waals surface area contributed by atoms with Gasteiger partial charge < -0.3 is 10.2 Å². The highest BCUT2D eigenvalue weighted by molar-refractivity contribution is 7.17. The monoisotopic (exact) mass is 352 g/mol. The van der Waals surface area contributed by atoms with E-state index in [1.807, 2.05) is 69.4 Å². The molecule has 0 saturated heterocycles. The maximum Gasteiger partial charge on any atom is 0.265 e. The molecule has 0 atom stereocenters. The van der Waals surface area contributed by atoms with Crippen molar-refractivity contribution >= 4 is 28.2 Å². The SMILES string of the molecule is Cc1cccc(Nc2nc(C)c(C(=O)N(C)Cc3ccccc3)s2)n1. The van der Waals surface area contributed by atoms with Crippen LogP contribution in [0.15, 0.2) is 48.5 Å². The standard InChI is InChI=1S/C19H20N4OS/c1-13-8-7-11-16(20-13)22-19-21-14(2)17(25-19)18(24)23(3)12-15-9-5-4-6-10-15/h4-11H,12H2,1-3H3,(H,20,21,22). The zero-order valence-electron chi connectivity index (χ0n) is 14.5. The fourth-order valence-electron chi connectivity index (χ4n) is 2.47.